The second-order valence-electron chi connectivity index (χ2n) is 7.04. The maximum atomic E-state index is 12.8. The molecule has 0 bridgehead atoms. The minimum absolute atomic E-state index is 0.0198. The SMILES string of the molecule is COc1ccc(OCCN2CCN(C(=O)c3cc4c(Cl)cccc4[nH]3)CC2)cc1. The topological polar surface area (TPSA) is 57.8 Å². The van der Waals surface area contributed by atoms with Crippen molar-refractivity contribution < 1.29 is 14.3 Å². The summed E-state index contributed by atoms with van der Waals surface area (Å²) in [6.07, 6.45) is 0. The van der Waals surface area contributed by atoms with E-state index in [-0.39, 0.29) is 5.91 Å². The van der Waals surface area contributed by atoms with Crippen LogP contribution in [0.15, 0.2) is 48.5 Å². The second kappa shape index (κ2) is 8.76. The summed E-state index contributed by atoms with van der Waals surface area (Å²) < 4.78 is 10.9. The van der Waals surface area contributed by atoms with Gasteiger partial charge in [-0.25, -0.2) is 0 Å². The molecule has 0 unspecified atom stereocenters. The largest absolute Gasteiger partial charge is 0.497 e. The number of carbonyl (C=O) groups excluding carboxylic acids is 1. The number of aromatic nitrogens is 1. The van der Waals surface area contributed by atoms with Crippen LogP contribution in [0, 0.1) is 0 Å². The molecule has 0 spiro atoms. The maximum absolute atomic E-state index is 12.8. The number of halogens is 1. The van der Waals surface area contributed by atoms with Gasteiger partial charge in [-0.1, -0.05) is 17.7 Å². The molecule has 0 radical (unpaired) electrons. The van der Waals surface area contributed by atoms with Crippen LogP contribution in [0.5, 0.6) is 11.5 Å². The molecule has 29 heavy (non-hydrogen) atoms. The molecule has 1 fully saturated rings. The fraction of sp³-hybridized carbons (Fsp3) is 0.318. The van der Waals surface area contributed by atoms with E-state index in [2.05, 4.69) is 9.88 Å². The number of methoxy groups -OCH3 is 1. The van der Waals surface area contributed by atoms with Crippen molar-refractivity contribution in [3.05, 3.63) is 59.2 Å². The van der Waals surface area contributed by atoms with Crippen molar-refractivity contribution in [1.82, 2.24) is 14.8 Å². The smallest absolute Gasteiger partial charge is 0.270 e. The summed E-state index contributed by atoms with van der Waals surface area (Å²) in [4.78, 5) is 20.2. The van der Waals surface area contributed by atoms with Gasteiger partial charge >= 0.3 is 0 Å². The van der Waals surface area contributed by atoms with E-state index in [0.29, 0.717) is 30.4 Å². The van der Waals surface area contributed by atoms with Crippen LogP contribution in [0.4, 0.5) is 0 Å². The number of nitrogens with one attached hydrogen (secondary N) is 1. The molecule has 1 aromatic heterocycles. The molecule has 7 heteroatoms. The normalized spacial score (nSPS) is 14.9. The van der Waals surface area contributed by atoms with Crippen molar-refractivity contribution in [3.63, 3.8) is 0 Å². The summed E-state index contributed by atoms with van der Waals surface area (Å²) in [7, 11) is 1.65. The zero-order chi connectivity index (χ0) is 20.2. The molecule has 1 amide bonds. The highest BCUT2D eigenvalue weighted by Gasteiger charge is 2.23. The maximum Gasteiger partial charge on any atom is 0.270 e. The molecular formula is C22H24ClN3O3. The van der Waals surface area contributed by atoms with E-state index in [0.717, 1.165) is 42.0 Å². The van der Waals surface area contributed by atoms with Crippen LogP contribution >= 0.6 is 11.6 Å². The van der Waals surface area contributed by atoms with Crippen LogP contribution in [-0.2, 0) is 0 Å². The molecule has 2 aromatic carbocycles. The molecule has 0 atom stereocenters. The minimum Gasteiger partial charge on any atom is -0.497 e. The highest BCUT2D eigenvalue weighted by molar-refractivity contribution is 6.35. The summed E-state index contributed by atoms with van der Waals surface area (Å²) in [5.41, 5.74) is 1.47. The second-order valence-corrected chi connectivity index (χ2v) is 7.45. The van der Waals surface area contributed by atoms with Gasteiger partial charge in [-0.05, 0) is 42.5 Å². The number of carbonyl (C=O) groups is 1. The number of nitrogens with zero attached hydrogens (tertiary/aromatic N) is 2. The summed E-state index contributed by atoms with van der Waals surface area (Å²) in [6.45, 7) is 4.50. The van der Waals surface area contributed by atoms with Gasteiger partial charge in [0.25, 0.3) is 5.91 Å². The number of hydrogen-bond acceptors (Lipinski definition) is 4. The van der Waals surface area contributed by atoms with Gasteiger partial charge in [-0.2, -0.15) is 0 Å². The number of hydrogen-bond donors (Lipinski definition) is 1. The Morgan fingerprint density at radius 2 is 1.79 bits per heavy atom. The number of fused-ring (bicyclic) bond motifs is 1. The van der Waals surface area contributed by atoms with E-state index in [9.17, 15) is 4.79 Å². The molecule has 6 nitrogen and oxygen atoms in total. The number of aromatic amines is 1. The fourth-order valence-electron chi connectivity index (χ4n) is 3.54. The zero-order valence-electron chi connectivity index (χ0n) is 16.4. The van der Waals surface area contributed by atoms with Gasteiger partial charge < -0.3 is 19.4 Å². The third kappa shape index (κ3) is 4.49. The number of benzene rings is 2. The van der Waals surface area contributed by atoms with Gasteiger partial charge in [0.15, 0.2) is 0 Å². The van der Waals surface area contributed by atoms with Gasteiger partial charge in [0.05, 0.1) is 7.11 Å². The van der Waals surface area contributed by atoms with Gasteiger partial charge in [0, 0.05) is 48.6 Å². The Morgan fingerprint density at radius 1 is 1.07 bits per heavy atom. The van der Waals surface area contributed by atoms with E-state index in [1.165, 1.54) is 0 Å². The van der Waals surface area contributed by atoms with Crippen LogP contribution in [0.25, 0.3) is 10.9 Å². The number of ether oxygens (including phenoxy) is 2. The summed E-state index contributed by atoms with van der Waals surface area (Å²) in [5.74, 6) is 1.67. The van der Waals surface area contributed by atoms with Gasteiger partial charge in [0.2, 0.25) is 0 Å². The molecule has 1 N–H and O–H groups in total. The zero-order valence-corrected chi connectivity index (χ0v) is 17.1. The molecule has 1 aliphatic heterocycles. The summed E-state index contributed by atoms with van der Waals surface area (Å²) >= 11 is 6.22. The highest BCUT2D eigenvalue weighted by Crippen LogP contribution is 2.24. The Hall–Kier alpha value is -2.70. The Balaban J connectivity index is 1.26. The lowest BCUT2D eigenvalue weighted by molar-refractivity contribution is 0.0615. The lowest BCUT2D eigenvalue weighted by atomic mass is 10.2. The number of H-pyrrole nitrogens is 1. The molecule has 0 saturated carbocycles. The standard InChI is InChI=1S/C22H24ClN3O3/c1-28-16-5-7-17(8-6-16)29-14-13-25-9-11-26(12-10-25)22(27)21-15-18-19(23)3-2-4-20(18)24-21/h2-8,15,24H,9-14H2,1H3. The molecule has 0 aliphatic carbocycles. The van der Waals surface area contributed by atoms with Gasteiger partial charge in [0.1, 0.15) is 23.8 Å². The van der Waals surface area contributed by atoms with Crippen LogP contribution < -0.4 is 9.47 Å². The fourth-order valence-corrected chi connectivity index (χ4v) is 3.77. The van der Waals surface area contributed by atoms with Crippen molar-refractivity contribution in [2.24, 2.45) is 0 Å². The third-order valence-corrected chi connectivity index (χ3v) is 5.57. The predicted octanol–water partition coefficient (Wildman–Crippen LogP) is 3.67. The lowest BCUT2D eigenvalue weighted by Gasteiger charge is -2.34. The van der Waals surface area contributed by atoms with E-state index in [4.69, 9.17) is 21.1 Å². The predicted molar refractivity (Wildman–Crippen MR) is 114 cm³/mol. The highest BCUT2D eigenvalue weighted by atomic mass is 35.5. The van der Waals surface area contributed by atoms with Gasteiger partial charge in [-0.15, -0.1) is 0 Å². The lowest BCUT2D eigenvalue weighted by Crippen LogP contribution is -2.49. The van der Waals surface area contributed by atoms with Crippen molar-refractivity contribution in [2.75, 3.05) is 46.4 Å². The summed E-state index contributed by atoms with van der Waals surface area (Å²) in [5, 5.41) is 1.53. The Labute approximate surface area is 175 Å². The number of amides is 1. The van der Waals surface area contributed by atoms with Crippen molar-refractivity contribution >= 4 is 28.4 Å². The van der Waals surface area contributed by atoms with E-state index in [1.54, 1.807) is 7.11 Å². The first kappa shape index (κ1) is 19.6. The van der Waals surface area contributed by atoms with E-state index in [1.807, 2.05) is 53.4 Å². The third-order valence-electron chi connectivity index (χ3n) is 5.24. The summed E-state index contributed by atoms with van der Waals surface area (Å²) in [6, 6.07) is 15.1. The Bertz CT molecular complexity index is 979. The molecule has 4 rings (SSSR count). The average Bonchev–Trinajstić information content (AvgIpc) is 3.20. The van der Waals surface area contributed by atoms with E-state index < -0.39 is 0 Å². The van der Waals surface area contributed by atoms with E-state index >= 15 is 0 Å². The molecule has 2 heterocycles. The van der Waals surface area contributed by atoms with Crippen LogP contribution in [0.1, 0.15) is 10.5 Å². The van der Waals surface area contributed by atoms with Crippen LogP contribution in [-0.4, -0.2) is 67.1 Å². The minimum atomic E-state index is 0.0198. The number of rotatable bonds is 6. The molecular weight excluding hydrogens is 390 g/mol. The quantitative estimate of drug-likeness (QED) is 0.670. The van der Waals surface area contributed by atoms with Crippen molar-refractivity contribution in [1.29, 1.82) is 0 Å². The first-order chi connectivity index (χ1) is 14.1. The monoisotopic (exact) mass is 413 g/mol. The average molecular weight is 414 g/mol. The molecule has 1 aliphatic rings. The first-order valence-corrected chi connectivity index (χ1v) is 10.1. The van der Waals surface area contributed by atoms with Crippen LogP contribution in [0.3, 0.4) is 0 Å². The Morgan fingerprint density at radius 3 is 2.48 bits per heavy atom. The Kier molecular flexibility index (Phi) is 5.92. The number of piperazine rings is 1. The molecule has 3 aromatic rings. The van der Waals surface area contributed by atoms with Crippen molar-refractivity contribution in [2.45, 2.75) is 0 Å². The molecule has 152 valence electrons. The van der Waals surface area contributed by atoms with Gasteiger partial charge in [-0.3, -0.25) is 9.69 Å². The van der Waals surface area contributed by atoms with Crippen molar-refractivity contribution in [3.8, 4) is 11.5 Å². The first-order valence-electron chi connectivity index (χ1n) is 9.70. The molecule has 1 saturated heterocycles. The van der Waals surface area contributed by atoms with Crippen LogP contribution in [0.2, 0.25) is 5.02 Å².